The van der Waals surface area contributed by atoms with Gasteiger partial charge in [0.25, 0.3) is 0 Å². The lowest BCUT2D eigenvalue weighted by atomic mass is 10.1. The third kappa shape index (κ3) is 3.86. The van der Waals surface area contributed by atoms with Crippen LogP contribution in [0.3, 0.4) is 0 Å². The van der Waals surface area contributed by atoms with Crippen LogP contribution in [0.15, 0.2) is 36.4 Å². The van der Waals surface area contributed by atoms with Crippen LogP contribution in [0.4, 0.5) is 10.8 Å². The van der Waals surface area contributed by atoms with Crippen molar-refractivity contribution < 1.29 is 19.1 Å². The van der Waals surface area contributed by atoms with Crippen LogP contribution < -0.4 is 19.7 Å². The minimum atomic E-state index is -0.492. The number of halogens is 1. The molecule has 1 aromatic heterocycles. The molecule has 2 heterocycles. The Morgan fingerprint density at radius 1 is 1.24 bits per heavy atom. The minimum absolute atomic E-state index is 0.114. The first kappa shape index (κ1) is 19.5. The standard InChI is InChI=1S/C20H18ClN3O4S/c1-27-13-4-6-16(28-2)15(9-13)24-10-11(7-18(24)25)19(26)23-20-22-14-5-3-12(21)8-17(14)29-20/h3-6,8-9,11H,7,10H2,1-2H3,(H,22,23,26)/t11-/m0/s1. The van der Waals surface area contributed by atoms with Crippen molar-refractivity contribution in [3.05, 3.63) is 41.4 Å². The van der Waals surface area contributed by atoms with Gasteiger partial charge in [0.2, 0.25) is 11.8 Å². The number of methoxy groups -OCH3 is 2. The van der Waals surface area contributed by atoms with Gasteiger partial charge in [-0.2, -0.15) is 0 Å². The summed E-state index contributed by atoms with van der Waals surface area (Å²) in [6.45, 7) is 0.255. The van der Waals surface area contributed by atoms with Crippen LogP contribution in [0.2, 0.25) is 5.02 Å². The summed E-state index contributed by atoms with van der Waals surface area (Å²) in [4.78, 5) is 31.3. The third-order valence-corrected chi connectivity index (χ3v) is 5.92. The number of anilines is 2. The molecule has 7 nitrogen and oxygen atoms in total. The highest BCUT2D eigenvalue weighted by Crippen LogP contribution is 2.36. The van der Waals surface area contributed by atoms with Crippen molar-refractivity contribution in [3.63, 3.8) is 0 Å². The Morgan fingerprint density at radius 2 is 2.07 bits per heavy atom. The van der Waals surface area contributed by atoms with Crippen LogP contribution in [0.5, 0.6) is 11.5 Å². The average molecular weight is 432 g/mol. The molecule has 0 radical (unpaired) electrons. The molecule has 1 aliphatic rings. The maximum Gasteiger partial charge on any atom is 0.231 e. The summed E-state index contributed by atoms with van der Waals surface area (Å²) in [5.41, 5.74) is 1.35. The van der Waals surface area contributed by atoms with E-state index in [9.17, 15) is 9.59 Å². The maximum atomic E-state index is 12.8. The average Bonchev–Trinajstić information content (AvgIpc) is 3.29. The SMILES string of the molecule is COc1ccc(OC)c(N2C[C@@H](C(=O)Nc3nc4ccc(Cl)cc4s3)CC2=O)c1. The quantitative estimate of drug-likeness (QED) is 0.661. The molecular weight excluding hydrogens is 414 g/mol. The van der Waals surface area contributed by atoms with Crippen molar-refractivity contribution in [1.82, 2.24) is 4.98 Å². The summed E-state index contributed by atoms with van der Waals surface area (Å²) in [6, 6.07) is 10.6. The van der Waals surface area contributed by atoms with Crippen molar-refractivity contribution in [1.29, 1.82) is 0 Å². The summed E-state index contributed by atoms with van der Waals surface area (Å²) in [5, 5.41) is 3.92. The van der Waals surface area contributed by atoms with Crippen molar-refractivity contribution in [2.45, 2.75) is 6.42 Å². The minimum Gasteiger partial charge on any atom is -0.497 e. The monoisotopic (exact) mass is 431 g/mol. The maximum absolute atomic E-state index is 12.8. The molecule has 1 aliphatic heterocycles. The predicted octanol–water partition coefficient (Wildman–Crippen LogP) is 3.96. The van der Waals surface area contributed by atoms with Gasteiger partial charge >= 0.3 is 0 Å². The molecule has 1 N–H and O–H groups in total. The summed E-state index contributed by atoms with van der Waals surface area (Å²) < 4.78 is 11.5. The zero-order valence-corrected chi connectivity index (χ0v) is 17.3. The van der Waals surface area contributed by atoms with E-state index in [0.29, 0.717) is 27.3 Å². The van der Waals surface area contributed by atoms with E-state index in [2.05, 4.69) is 10.3 Å². The largest absolute Gasteiger partial charge is 0.497 e. The molecule has 3 aromatic rings. The number of nitrogens with zero attached hydrogens (tertiary/aromatic N) is 2. The Hall–Kier alpha value is -2.84. The lowest BCUT2D eigenvalue weighted by Gasteiger charge is -2.20. The molecule has 9 heteroatoms. The summed E-state index contributed by atoms with van der Waals surface area (Å²) >= 11 is 7.35. The molecular formula is C20H18ClN3O4S. The molecule has 0 aliphatic carbocycles. The van der Waals surface area contributed by atoms with Crippen molar-refractivity contribution in [2.75, 3.05) is 31.0 Å². The van der Waals surface area contributed by atoms with Crippen LogP contribution in [0.25, 0.3) is 10.2 Å². The smallest absolute Gasteiger partial charge is 0.231 e. The summed E-state index contributed by atoms with van der Waals surface area (Å²) in [5.74, 6) is 0.271. The van der Waals surface area contributed by atoms with Crippen LogP contribution in [0.1, 0.15) is 6.42 Å². The summed E-state index contributed by atoms with van der Waals surface area (Å²) in [6.07, 6.45) is 0.114. The number of nitrogens with one attached hydrogen (secondary N) is 1. The molecule has 29 heavy (non-hydrogen) atoms. The Balaban J connectivity index is 1.52. The predicted molar refractivity (Wildman–Crippen MR) is 113 cm³/mol. The molecule has 1 atom stereocenters. The number of ether oxygens (including phenoxy) is 2. The number of fused-ring (bicyclic) bond motifs is 1. The number of carbonyl (C=O) groups excluding carboxylic acids is 2. The number of benzene rings is 2. The highest BCUT2D eigenvalue weighted by Gasteiger charge is 2.36. The van der Waals surface area contributed by atoms with Gasteiger partial charge in [0.1, 0.15) is 11.5 Å². The van der Waals surface area contributed by atoms with Gasteiger partial charge in [-0.15, -0.1) is 0 Å². The number of hydrogen-bond acceptors (Lipinski definition) is 6. The fraction of sp³-hybridized carbons (Fsp3) is 0.250. The van der Waals surface area contributed by atoms with Crippen LogP contribution in [-0.2, 0) is 9.59 Å². The number of carbonyl (C=O) groups is 2. The zero-order chi connectivity index (χ0) is 20.5. The molecule has 0 saturated carbocycles. The molecule has 2 aromatic carbocycles. The number of thiazole rings is 1. The topological polar surface area (TPSA) is 80.8 Å². The van der Waals surface area contributed by atoms with Gasteiger partial charge in [-0.25, -0.2) is 4.98 Å². The lowest BCUT2D eigenvalue weighted by molar-refractivity contribution is -0.122. The first-order valence-electron chi connectivity index (χ1n) is 8.88. The third-order valence-electron chi connectivity index (χ3n) is 4.75. The fourth-order valence-electron chi connectivity index (χ4n) is 3.28. The summed E-state index contributed by atoms with van der Waals surface area (Å²) in [7, 11) is 3.09. The normalized spacial score (nSPS) is 16.3. The second-order valence-electron chi connectivity index (χ2n) is 6.56. The van der Waals surface area contributed by atoms with E-state index >= 15 is 0 Å². The first-order valence-corrected chi connectivity index (χ1v) is 10.1. The van der Waals surface area contributed by atoms with Crippen molar-refractivity contribution >= 4 is 55.8 Å². The number of amides is 2. The lowest BCUT2D eigenvalue weighted by Crippen LogP contribution is -2.28. The molecule has 0 spiro atoms. The van der Waals surface area contributed by atoms with Gasteiger partial charge in [0.05, 0.1) is 36.0 Å². The second-order valence-corrected chi connectivity index (χ2v) is 8.03. The molecule has 1 saturated heterocycles. The van der Waals surface area contributed by atoms with Gasteiger partial charge < -0.3 is 19.7 Å². The van der Waals surface area contributed by atoms with E-state index in [-0.39, 0.29) is 24.8 Å². The highest BCUT2D eigenvalue weighted by molar-refractivity contribution is 7.22. The molecule has 150 valence electrons. The number of aromatic nitrogens is 1. The molecule has 1 fully saturated rings. The van der Waals surface area contributed by atoms with Crippen LogP contribution in [0, 0.1) is 5.92 Å². The van der Waals surface area contributed by atoms with E-state index in [1.807, 2.05) is 0 Å². The fourth-order valence-corrected chi connectivity index (χ4v) is 4.43. The number of rotatable bonds is 5. The highest BCUT2D eigenvalue weighted by atomic mass is 35.5. The molecule has 2 amide bonds. The second kappa shape index (κ2) is 7.88. The Labute approximate surface area is 176 Å². The van der Waals surface area contributed by atoms with Crippen molar-refractivity contribution in [2.24, 2.45) is 5.92 Å². The van der Waals surface area contributed by atoms with Gasteiger partial charge in [-0.1, -0.05) is 22.9 Å². The van der Waals surface area contributed by atoms with Crippen molar-refractivity contribution in [3.8, 4) is 11.5 Å². The molecule has 0 unspecified atom stereocenters. The van der Waals surface area contributed by atoms with E-state index in [0.717, 1.165) is 10.2 Å². The number of hydrogen-bond donors (Lipinski definition) is 1. The van der Waals surface area contributed by atoms with Gasteiger partial charge in [-0.3, -0.25) is 9.59 Å². The van der Waals surface area contributed by atoms with E-state index in [1.165, 1.54) is 18.4 Å². The zero-order valence-electron chi connectivity index (χ0n) is 15.8. The molecule has 4 rings (SSSR count). The van der Waals surface area contributed by atoms with E-state index in [1.54, 1.807) is 48.4 Å². The van der Waals surface area contributed by atoms with Gasteiger partial charge in [0.15, 0.2) is 5.13 Å². The van der Waals surface area contributed by atoms with E-state index in [4.69, 9.17) is 21.1 Å². The van der Waals surface area contributed by atoms with Gasteiger partial charge in [0, 0.05) is 24.1 Å². The van der Waals surface area contributed by atoms with Gasteiger partial charge in [-0.05, 0) is 30.3 Å². The van der Waals surface area contributed by atoms with Crippen LogP contribution >= 0.6 is 22.9 Å². The Kier molecular flexibility index (Phi) is 5.29. The Bertz CT molecular complexity index is 1100. The Morgan fingerprint density at radius 3 is 2.83 bits per heavy atom. The first-order chi connectivity index (χ1) is 14.0. The van der Waals surface area contributed by atoms with E-state index < -0.39 is 5.92 Å². The molecule has 0 bridgehead atoms. The van der Waals surface area contributed by atoms with Crippen LogP contribution in [-0.4, -0.2) is 37.6 Å².